The Hall–Kier alpha value is -4.00. The molecule has 1 aliphatic rings. The molecule has 0 atom stereocenters. The van der Waals surface area contributed by atoms with E-state index in [-0.39, 0.29) is 23.0 Å². The predicted molar refractivity (Wildman–Crippen MR) is 103 cm³/mol. The van der Waals surface area contributed by atoms with Gasteiger partial charge in [0.15, 0.2) is 5.71 Å². The Balaban J connectivity index is 1.75. The van der Waals surface area contributed by atoms with Crippen LogP contribution in [0, 0.1) is 10.1 Å². The molecule has 27 heavy (non-hydrogen) atoms. The van der Waals surface area contributed by atoms with Crippen LogP contribution in [0.25, 0.3) is 0 Å². The number of nitro benzene ring substituents is 1. The number of nitro groups is 1. The van der Waals surface area contributed by atoms with Crippen LogP contribution in [0.1, 0.15) is 5.56 Å². The van der Waals surface area contributed by atoms with Gasteiger partial charge in [-0.15, -0.1) is 0 Å². The molecule has 0 radical (unpaired) electrons. The lowest BCUT2D eigenvalue weighted by Gasteiger charge is -2.16. The van der Waals surface area contributed by atoms with E-state index in [4.69, 9.17) is 0 Å². The summed E-state index contributed by atoms with van der Waals surface area (Å²) in [6.45, 7) is 0. The molecule has 3 aromatic rings. The van der Waals surface area contributed by atoms with Crippen LogP contribution >= 0.6 is 0 Å². The third-order valence-electron chi connectivity index (χ3n) is 4.21. The quantitative estimate of drug-likeness (QED) is 0.562. The number of rotatable bonds is 4. The van der Waals surface area contributed by atoms with Crippen molar-refractivity contribution in [3.63, 3.8) is 0 Å². The van der Waals surface area contributed by atoms with Gasteiger partial charge in [-0.2, -0.15) is 5.10 Å². The molecular formula is C20H14N4O3. The zero-order chi connectivity index (χ0) is 18.8. The summed E-state index contributed by atoms with van der Waals surface area (Å²) in [5.41, 5.74) is 5.10. The highest BCUT2D eigenvalue weighted by Gasteiger charge is 2.35. The summed E-state index contributed by atoms with van der Waals surface area (Å²) in [6.07, 6.45) is 0. The molecule has 0 unspecified atom stereocenters. The van der Waals surface area contributed by atoms with Gasteiger partial charge in [0.05, 0.1) is 10.6 Å². The van der Waals surface area contributed by atoms with Crippen LogP contribution in [0.5, 0.6) is 0 Å². The lowest BCUT2D eigenvalue weighted by molar-refractivity contribution is -0.384. The minimum Gasteiger partial charge on any atom is -0.275 e. The lowest BCUT2D eigenvalue weighted by atomic mass is 10.1. The van der Waals surface area contributed by atoms with Crippen LogP contribution in [0.15, 0.2) is 84.0 Å². The number of nitrogens with one attached hydrogen (secondary N) is 1. The van der Waals surface area contributed by atoms with Gasteiger partial charge in [-0.1, -0.05) is 48.5 Å². The zero-order valence-electron chi connectivity index (χ0n) is 14.1. The van der Waals surface area contributed by atoms with Crippen LogP contribution in [0.2, 0.25) is 0 Å². The Bertz CT molecular complexity index is 1060. The van der Waals surface area contributed by atoms with Gasteiger partial charge in [0, 0.05) is 17.3 Å². The molecule has 0 saturated carbocycles. The summed E-state index contributed by atoms with van der Waals surface area (Å²) < 4.78 is 0. The smallest absolute Gasteiger partial charge is 0.275 e. The van der Waals surface area contributed by atoms with Crippen molar-refractivity contribution in [2.24, 2.45) is 5.10 Å². The highest BCUT2D eigenvalue weighted by Crippen LogP contribution is 2.35. The first-order chi connectivity index (χ1) is 13.2. The van der Waals surface area contributed by atoms with Gasteiger partial charge in [-0.05, 0) is 24.3 Å². The number of amides is 1. The molecular weight excluding hydrogens is 344 g/mol. The summed E-state index contributed by atoms with van der Waals surface area (Å²) >= 11 is 0. The third kappa shape index (κ3) is 2.91. The molecule has 1 amide bonds. The molecule has 7 heteroatoms. The largest absolute Gasteiger partial charge is 0.294 e. The number of para-hydroxylation sites is 4. The molecule has 3 aromatic carbocycles. The lowest BCUT2D eigenvalue weighted by Crippen LogP contribution is -2.26. The van der Waals surface area contributed by atoms with Gasteiger partial charge < -0.3 is 0 Å². The van der Waals surface area contributed by atoms with Gasteiger partial charge in [0.2, 0.25) is 0 Å². The molecule has 7 nitrogen and oxygen atoms in total. The fourth-order valence-corrected chi connectivity index (χ4v) is 2.98. The molecule has 0 fully saturated rings. The van der Waals surface area contributed by atoms with Crippen molar-refractivity contribution in [1.29, 1.82) is 0 Å². The number of nitrogens with zero attached hydrogens (tertiary/aromatic N) is 3. The van der Waals surface area contributed by atoms with Crippen molar-refractivity contribution in [3.05, 3.63) is 94.5 Å². The molecule has 1 aliphatic heterocycles. The first-order valence-electron chi connectivity index (χ1n) is 8.23. The first kappa shape index (κ1) is 16.5. The van der Waals surface area contributed by atoms with Crippen molar-refractivity contribution >= 4 is 34.4 Å². The number of benzene rings is 3. The Kier molecular flexibility index (Phi) is 4.10. The molecule has 0 aromatic heterocycles. The van der Waals surface area contributed by atoms with E-state index < -0.39 is 4.92 Å². The monoisotopic (exact) mass is 358 g/mol. The van der Waals surface area contributed by atoms with E-state index in [0.29, 0.717) is 5.56 Å². The van der Waals surface area contributed by atoms with E-state index in [0.717, 1.165) is 11.4 Å². The van der Waals surface area contributed by atoms with E-state index in [1.54, 1.807) is 29.2 Å². The molecule has 0 bridgehead atoms. The third-order valence-corrected chi connectivity index (χ3v) is 4.21. The number of carbonyl (C=O) groups excluding carboxylic acids is 1. The maximum atomic E-state index is 13.0. The number of carbonyl (C=O) groups is 1. The Morgan fingerprint density at radius 1 is 0.889 bits per heavy atom. The average Bonchev–Trinajstić information content (AvgIpc) is 2.98. The van der Waals surface area contributed by atoms with Crippen molar-refractivity contribution in [1.82, 2.24) is 0 Å². The minimum absolute atomic E-state index is 0.111. The number of fused-ring (bicyclic) bond motifs is 1. The van der Waals surface area contributed by atoms with Crippen LogP contribution in [0.4, 0.5) is 22.7 Å². The van der Waals surface area contributed by atoms with Crippen molar-refractivity contribution in [3.8, 4) is 0 Å². The minimum atomic E-state index is -0.497. The van der Waals surface area contributed by atoms with E-state index in [2.05, 4.69) is 10.5 Å². The van der Waals surface area contributed by atoms with Crippen LogP contribution in [-0.2, 0) is 4.79 Å². The van der Waals surface area contributed by atoms with Crippen molar-refractivity contribution < 1.29 is 9.72 Å². The van der Waals surface area contributed by atoms with Gasteiger partial charge in [0.1, 0.15) is 5.69 Å². The van der Waals surface area contributed by atoms with E-state index in [1.165, 1.54) is 6.07 Å². The summed E-state index contributed by atoms with van der Waals surface area (Å²) in [5, 5.41) is 15.4. The fourth-order valence-electron chi connectivity index (χ4n) is 2.98. The molecule has 1 N–H and O–H groups in total. The Morgan fingerprint density at radius 3 is 2.33 bits per heavy atom. The van der Waals surface area contributed by atoms with Gasteiger partial charge in [0.25, 0.3) is 11.6 Å². The average molecular weight is 358 g/mol. The van der Waals surface area contributed by atoms with Crippen LogP contribution in [-0.4, -0.2) is 16.5 Å². The van der Waals surface area contributed by atoms with Gasteiger partial charge in [-0.25, -0.2) is 0 Å². The second kappa shape index (κ2) is 6.72. The van der Waals surface area contributed by atoms with E-state index >= 15 is 0 Å². The van der Waals surface area contributed by atoms with Crippen LogP contribution < -0.4 is 10.3 Å². The number of hydrogen-bond donors (Lipinski definition) is 1. The van der Waals surface area contributed by atoms with Crippen molar-refractivity contribution in [2.45, 2.75) is 0 Å². The van der Waals surface area contributed by atoms with E-state index in [9.17, 15) is 14.9 Å². The summed E-state index contributed by atoms with van der Waals surface area (Å²) in [7, 11) is 0. The summed E-state index contributed by atoms with van der Waals surface area (Å²) in [6, 6.07) is 22.7. The van der Waals surface area contributed by atoms with Gasteiger partial charge >= 0.3 is 0 Å². The summed E-state index contributed by atoms with van der Waals surface area (Å²) in [5.74, 6) is -0.298. The number of anilines is 3. The highest BCUT2D eigenvalue weighted by atomic mass is 16.6. The molecule has 0 spiro atoms. The van der Waals surface area contributed by atoms with Crippen molar-refractivity contribution in [2.75, 3.05) is 10.3 Å². The molecule has 4 rings (SSSR count). The number of hydrazone groups is 1. The Morgan fingerprint density at radius 2 is 1.56 bits per heavy atom. The predicted octanol–water partition coefficient (Wildman–Crippen LogP) is 4.09. The standard InChI is InChI=1S/C20H14N4O3/c25-20-19(22-21-16-11-5-7-13-18(16)24(26)27)15-10-4-6-12-17(15)23(20)14-8-2-1-3-9-14/h1-13,21H. The summed E-state index contributed by atoms with van der Waals surface area (Å²) in [4.78, 5) is 25.3. The maximum absolute atomic E-state index is 13.0. The number of hydrogen-bond acceptors (Lipinski definition) is 5. The second-order valence-corrected chi connectivity index (χ2v) is 5.84. The van der Waals surface area contributed by atoms with E-state index in [1.807, 2.05) is 48.5 Å². The zero-order valence-corrected chi connectivity index (χ0v) is 14.1. The highest BCUT2D eigenvalue weighted by molar-refractivity contribution is 6.55. The Labute approximate surface area is 154 Å². The fraction of sp³-hybridized carbons (Fsp3) is 0. The SMILES string of the molecule is O=C1C(=NNc2ccccc2[N+](=O)[O-])c2ccccc2N1c1ccccc1. The van der Waals surface area contributed by atoms with Gasteiger partial charge in [-0.3, -0.25) is 25.2 Å². The molecule has 1 heterocycles. The molecule has 0 aliphatic carbocycles. The maximum Gasteiger partial charge on any atom is 0.294 e. The topological polar surface area (TPSA) is 87.8 Å². The molecule has 132 valence electrons. The molecule has 0 saturated heterocycles. The van der Waals surface area contributed by atoms with Crippen LogP contribution in [0.3, 0.4) is 0 Å². The normalized spacial score (nSPS) is 14.3. The second-order valence-electron chi connectivity index (χ2n) is 5.84. The first-order valence-corrected chi connectivity index (χ1v) is 8.23.